The summed E-state index contributed by atoms with van der Waals surface area (Å²) in [5.41, 5.74) is 0.890. The lowest BCUT2D eigenvalue weighted by Crippen LogP contribution is -2.30. The van der Waals surface area contributed by atoms with Crippen LogP contribution in [0.3, 0.4) is 0 Å². The summed E-state index contributed by atoms with van der Waals surface area (Å²) in [5, 5.41) is 9.13. The summed E-state index contributed by atoms with van der Waals surface area (Å²) in [6, 6.07) is 5.16. The highest BCUT2D eigenvalue weighted by atomic mass is 32.1. The molecule has 0 atom stereocenters. The van der Waals surface area contributed by atoms with E-state index in [-0.39, 0.29) is 17.3 Å². The summed E-state index contributed by atoms with van der Waals surface area (Å²) in [6.07, 6.45) is 2.31. The van der Waals surface area contributed by atoms with Gasteiger partial charge in [0.05, 0.1) is 6.61 Å². The van der Waals surface area contributed by atoms with Gasteiger partial charge in [0.25, 0.3) is 0 Å². The molecule has 2 heterocycles. The van der Waals surface area contributed by atoms with E-state index in [1.165, 1.54) is 0 Å². The first-order valence-corrected chi connectivity index (χ1v) is 7.42. The molecule has 0 aliphatic heterocycles. The molecule has 2 amide bonds. The summed E-state index contributed by atoms with van der Waals surface area (Å²) >= 11 is 0.916. The zero-order valence-corrected chi connectivity index (χ0v) is 12.7. The molecule has 2 aromatic heterocycles. The van der Waals surface area contributed by atoms with Gasteiger partial charge >= 0.3 is 12.0 Å². The minimum Gasteiger partial charge on any atom is -0.461 e. The molecule has 0 aliphatic carbocycles. The third kappa shape index (κ3) is 4.48. The summed E-state index contributed by atoms with van der Waals surface area (Å²) in [6.45, 7) is 2.34. The van der Waals surface area contributed by atoms with Gasteiger partial charge in [-0.1, -0.05) is 10.6 Å². The highest BCUT2D eigenvalue weighted by molar-refractivity contribution is 7.10. The number of nitrogens with zero attached hydrogens (tertiary/aromatic N) is 3. The van der Waals surface area contributed by atoms with Crippen LogP contribution in [0.4, 0.5) is 9.80 Å². The zero-order chi connectivity index (χ0) is 15.8. The molecule has 22 heavy (non-hydrogen) atoms. The fourth-order valence-corrected chi connectivity index (χ4v) is 2.16. The molecular formula is C13H15N5O3S. The van der Waals surface area contributed by atoms with Crippen molar-refractivity contribution in [3.8, 4) is 0 Å². The first-order valence-electron chi connectivity index (χ1n) is 6.65. The Hall–Kier alpha value is -2.55. The van der Waals surface area contributed by atoms with E-state index in [9.17, 15) is 9.59 Å². The number of amides is 2. The second kappa shape index (κ2) is 8.03. The summed E-state index contributed by atoms with van der Waals surface area (Å²) in [4.78, 5) is 27.6. The molecule has 0 bridgehead atoms. The van der Waals surface area contributed by atoms with Crippen LogP contribution in [0.1, 0.15) is 23.1 Å². The van der Waals surface area contributed by atoms with Gasteiger partial charge in [-0.15, -0.1) is 5.10 Å². The normalized spacial score (nSPS) is 10.0. The molecule has 0 unspecified atom stereocenters. The van der Waals surface area contributed by atoms with Gasteiger partial charge in [0.15, 0.2) is 5.00 Å². The third-order valence-corrected chi connectivity index (χ3v) is 3.22. The second-order valence-corrected chi connectivity index (χ2v) is 4.88. The van der Waals surface area contributed by atoms with Gasteiger partial charge in [-0.2, -0.15) is 0 Å². The fourth-order valence-electron chi connectivity index (χ4n) is 1.60. The Kier molecular flexibility index (Phi) is 5.78. The van der Waals surface area contributed by atoms with Gasteiger partial charge in [-0.05, 0) is 19.1 Å². The van der Waals surface area contributed by atoms with E-state index in [1.54, 1.807) is 13.1 Å². The van der Waals surface area contributed by atoms with Crippen LogP contribution in [0, 0.1) is 0 Å². The molecule has 2 rings (SSSR count). The number of carbonyl (C=O) groups is 2. The summed E-state index contributed by atoms with van der Waals surface area (Å²) in [7, 11) is 0. The van der Waals surface area contributed by atoms with Crippen molar-refractivity contribution in [2.24, 2.45) is 0 Å². The molecule has 0 radical (unpaired) electrons. The lowest BCUT2D eigenvalue weighted by atomic mass is 10.3. The number of ether oxygens (including phenoxy) is 1. The predicted octanol–water partition coefficient (Wildman–Crippen LogP) is 1.47. The number of aromatic nitrogens is 3. The van der Waals surface area contributed by atoms with Crippen LogP contribution in [0.25, 0.3) is 0 Å². The third-order valence-electron chi connectivity index (χ3n) is 2.58. The number of hydrogen-bond donors (Lipinski definition) is 2. The van der Waals surface area contributed by atoms with Gasteiger partial charge < -0.3 is 10.1 Å². The Labute approximate surface area is 131 Å². The minimum absolute atomic E-state index is 0.00623. The number of rotatable bonds is 6. The van der Waals surface area contributed by atoms with E-state index in [1.807, 2.05) is 18.2 Å². The lowest BCUT2D eigenvalue weighted by molar-refractivity contribution is 0.0520. The summed E-state index contributed by atoms with van der Waals surface area (Å²) in [5.74, 6) is -0.611. The van der Waals surface area contributed by atoms with Crippen molar-refractivity contribution in [2.75, 3.05) is 18.5 Å². The highest BCUT2D eigenvalue weighted by Gasteiger charge is 2.19. The van der Waals surface area contributed by atoms with Crippen LogP contribution in [0.15, 0.2) is 24.4 Å². The van der Waals surface area contributed by atoms with Crippen molar-refractivity contribution in [1.29, 1.82) is 0 Å². The fraction of sp³-hybridized carbons (Fsp3) is 0.308. The Morgan fingerprint density at radius 2 is 2.23 bits per heavy atom. The molecule has 0 aliphatic rings. The quantitative estimate of drug-likeness (QED) is 0.781. The van der Waals surface area contributed by atoms with Gasteiger partial charge in [-0.3, -0.25) is 10.3 Å². The van der Waals surface area contributed by atoms with Crippen molar-refractivity contribution in [3.63, 3.8) is 0 Å². The van der Waals surface area contributed by atoms with Crippen molar-refractivity contribution in [3.05, 3.63) is 35.8 Å². The number of pyridine rings is 1. The van der Waals surface area contributed by atoms with Crippen molar-refractivity contribution in [2.45, 2.75) is 13.3 Å². The van der Waals surface area contributed by atoms with E-state index in [0.717, 1.165) is 17.2 Å². The first kappa shape index (κ1) is 15.8. The van der Waals surface area contributed by atoms with Gasteiger partial charge in [-0.25, -0.2) is 9.59 Å². The van der Waals surface area contributed by atoms with Crippen LogP contribution in [0.2, 0.25) is 0 Å². The molecule has 0 aromatic carbocycles. The van der Waals surface area contributed by atoms with E-state index in [4.69, 9.17) is 4.74 Å². The Bertz CT molecular complexity index is 632. The molecular weight excluding hydrogens is 306 g/mol. The average Bonchev–Trinajstić information content (AvgIpc) is 2.97. The SMILES string of the molecule is CCOC(=O)c1nnsc1NC(=O)NCCc1ccccn1. The smallest absolute Gasteiger partial charge is 0.362 e. The van der Waals surface area contributed by atoms with Gasteiger partial charge in [0.2, 0.25) is 5.69 Å². The molecule has 0 fully saturated rings. The van der Waals surface area contributed by atoms with Gasteiger partial charge in [0.1, 0.15) is 0 Å². The average molecular weight is 321 g/mol. The van der Waals surface area contributed by atoms with Crippen LogP contribution in [-0.4, -0.2) is 39.7 Å². The van der Waals surface area contributed by atoms with Crippen LogP contribution in [-0.2, 0) is 11.2 Å². The maximum absolute atomic E-state index is 11.8. The molecule has 0 saturated carbocycles. The topological polar surface area (TPSA) is 106 Å². The maximum atomic E-state index is 11.8. The molecule has 2 N–H and O–H groups in total. The Balaban J connectivity index is 1.82. The molecule has 0 spiro atoms. The Morgan fingerprint density at radius 3 is 2.95 bits per heavy atom. The molecule has 9 heteroatoms. The molecule has 116 valence electrons. The number of urea groups is 1. The predicted molar refractivity (Wildman–Crippen MR) is 80.8 cm³/mol. The standard InChI is InChI=1S/C13H15N5O3S/c1-2-21-12(19)10-11(22-18-17-10)16-13(20)15-8-6-9-5-3-4-7-14-9/h3-5,7H,2,6,8H2,1H3,(H2,15,16,20). The molecule has 2 aromatic rings. The van der Waals surface area contributed by atoms with E-state index >= 15 is 0 Å². The number of nitrogens with one attached hydrogen (secondary N) is 2. The van der Waals surface area contributed by atoms with Crippen LogP contribution >= 0.6 is 11.5 Å². The lowest BCUT2D eigenvalue weighted by Gasteiger charge is -2.06. The van der Waals surface area contributed by atoms with E-state index in [2.05, 4.69) is 25.2 Å². The van der Waals surface area contributed by atoms with Crippen LogP contribution < -0.4 is 10.6 Å². The number of esters is 1. The second-order valence-electron chi connectivity index (χ2n) is 4.12. The van der Waals surface area contributed by atoms with Crippen LogP contribution in [0.5, 0.6) is 0 Å². The van der Waals surface area contributed by atoms with Crippen molar-refractivity contribution in [1.82, 2.24) is 19.9 Å². The van der Waals surface area contributed by atoms with Gasteiger partial charge in [0, 0.05) is 36.4 Å². The van der Waals surface area contributed by atoms with Crippen molar-refractivity contribution < 1.29 is 14.3 Å². The number of carbonyl (C=O) groups excluding carboxylic acids is 2. The molecule has 8 nitrogen and oxygen atoms in total. The summed E-state index contributed by atoms with van der Waals surface area (Å²) < 4.78 is 8.48. The Morgan fingerprint density at radius 1 is 1.36 bits per heavy atom. The number of hydrogen-bond acceptors (Lipinski definition) is 7. The molecule has 0 saturated heterocycles. The van der Waals surface area contributed by atoms with E-state index < -0.39 is 12.0 Å². The largest absolute Gasteiger partial charge is 0.461 e. The highest BCUT2D eigenvalue weighted by Crippen LogP contribution is 2.18. The first-order chi connectivity index (χ1) is 10.7. The maximum Gasteiger partial charge on any atom is 0.362 e. The number of anilines is 1. The van der Waals surface area contributed by atoms with E-state index in [0.29, 0.717) is 13.0 Å². The minimum atomic E-state index is -0.611. The monoisotopic (exact) mass is 321 g/mol. The van der Waals surface area contributed by atoms with Crippen molar-refractivity contribution >= 4 is 28.5 Å². The zero-order valence-electron chi connectivity index (χ0n) is 11.9.